The second kappa shape index (κ2) is 13.5. The summed E-state index contributed by atoms with van der Waals surface area (Å²) in [7, 11) is -9.93. The quantitative estimate of drug-likeness (QED) is 0.380. The van der Waals surface area contributed by atoms with Crippen LogP contribution in [0.2, 0.25) is 0 Å². The van der Waals surface area contributed by atoms with Crippen LogP contribution in [0.25, 0.3) is 0 Å². The Kier molecular flexibility index (Phi) is 13.7. The Morgan fingerprint density at radius 1 is 0.667 bits per heavy atom. The van der Waals surface area contributed by atoms with Crippen LogP contribution < -0.4 is 0 Å². The molecule has 0 spiro atoms. The van der Waals surface area contributed by atoms with Gasteiger partial charge >= 0.3 is 27.6 Å². The van der Waals surface area contributed by atoms with Crippen LogP contribution in [0.15, 0.2) is 0 Å². The summed E-state index contributed by atoms with van der Waals surface area (Å²) in [6.07, 6.45) is 0. The third-order valence-electron chi connectivity index (χ3n) is 2.28. The lowest BCUT2D eigenvalue weighted by Crippen LogP contribution is -2.63. The highest BCUT2D eigenvalue weighted by atomic mass is 28.5. The molecule has 0 rings (SSSR count). The summed E-state index contributed by atoms with van der Waals surface area (Å²) in [6, 6.07) is 0. The van der Waals surface area contributed by atoms with Crippen molar-refractivity contribution < 1.29 is 39.6 Å². The van der Waals surface area contributed by atoms with Crippen molar-refractivity contribution in [3.05, 3.63) is 0 Å². The SMILES string of the molecule is CCO[Si](OCC)O[Si](OCC)(OCC)O[Si](O)(OCC)OCC. The molecule has 0 aromatic carbocycles. The molecule has 0 amide bonds. The van der Waals surface area contributed by atoms with Crippen molar-refractivity contribution in [3.63, 3.8) is 0 Å². The van der Waals surface area contributed by atoms with Gasteiger partial charge in [-0.15, -0.1) is 0 Å². The van der Waals surface area contributed by atoms with Crippen LogP contribution in [0.1, 0.15) is 41.5 Å². The van der Waals surface area contributed by atoms with Gasteiger partial charge in [0, 0.05) is 39.6 Å². The molecule has 0 aliphatic carbocycles. The first kappa shape index (κ1) is 24.3. The lowest BCUT2D eigenvalue weighted by atomic mass is 10.9. The van der Waals surface area contributed by atoms with Gasteiger partial charge in [-0.1, -0.05) is 0 Å². The average molecular weight is 404 g/mol. The smallest absolute Gasteiger partial charge is 0.372 e. The Labute approximate surface area is 149 Å². The molecule has 9 nitrogen and oxygen atoms in total. The van der Waals surface area contributed by atoms with E-state index < -0.39 is 27.6 Å². The third kappa shape index (κ3) is 9.12. The van der Waals surface area contributed by atoms with Crippen molar-refractivity contribution in [2.75, 3.05) is 39.6 Å². The zero-order valence-electron chi connectivity index (χ0n) is 15.5. The van der Waals surface area contributed by atoms with E-state index in [1.54, 1.807) is 27.7 Å². The maximum absolute atomic E-state index is 10.6. The van der Waals surface area contributed by atoms with E-state index in [0.29, 0.717) is 13.2 Å². The average Bonchev–Trinajstić information content (AvgIpc) is 2.48. The third-order valence-corrected chi connectivity index (χ3v) is 9.62. The fourth-order valence-electron chi connectivity index (χ4n) is 1.60. The summed E-state index contributed by atoms with van der Waals surface area (Å²) >= 11 is 0. The summed E-state index contributed by atoms with van der Waals surface area (Å²) in [5, 5.41) is 0. The second-order valence-electron chi connectivity index (χ2n) is 4.08. The van der Waals surface area contributed by atoms with Crippen LogP contribution >= 0.6 is 0 Å². The van der Waals surface area contributed by atoms with Crippen molar-refractivity contribution in [1.29, 1.82) is 0 Å². The van der Waals surface area contributed by atoms with Gasteiger partial charge in [0.2, 0.25) is 0 Å². The molecule has 0 aromatic rings. The van der Waals surface area contributed by atoms with Gasteiger partial charge in [-0.2, -0.15) is 0 Å². The van der Waals surface area contributed by atoms with Gasteiger partial charge in [-0.3, -0.25) is 0 Å². The summed E-state index contributed by atoms with van der Waals surface area (Å²) in [5.74, 6) is 0. The summed E-state index contributed by atoms with van der Waals surface area (Å²) in [5.41, 5.74) is 0. The molecule has 0 aliphatic heterocycles. The molecule has 1 N–H and O–H groups in total. The van der Waals surface area contributed by atoms with E-state index in [0.717, 1.165) is 0 Å². The molecule has 12 heteroatoms. The molecule has 1 radical (unpaired) electrons. The normalized spacial score (nSPS) is 13.0. The molecule has 145 valence electrons. The highest BCUT2D eigenvalue weighted by molar-refractivity contribution is 6.71. The standard InChI is InChI=1S/C12H31O9Si3/c1-7-14-22(15-8-2)20-24(18-11-5,19-12-6)21-23(13,16-9-3)17-10-4/h13H,7-12H2,1-6H3. The predicted molar refractivity (Wildman–Crippen MR) is 91.4 cm³/mol. The van der Waals surface area contributed by atoms with E-state index >= 15 is 0 Å². The minimum absolute atomic E-state index is 0.209. The second-order valence-corrected chi connectivity index (χ2v) is 9.99. The van der Waals surface area contributed by atoms with Crippen LogP contribution in [0, 0.1) is 0 Å². The van der Waals surface area contributed by atoms with Crippen molar-refractivity contribution in [2.45, 2.75) is 41.5 Å². The van der Waals surface area contributed by atoms with Crippen LogP contribution in [0.4, 0.5) is 0 Å². The summed E-state index contributed by atoms with van der Waals surface area (Å²) in [4.78, 5) is 10.6. The Balaban J connectivity index is 5.41. The van der Waals surface area contributed by atoms with Gasteiger partial charge < -0.3 is 39.6 Å². The van der Waals surface area contributed by atoms with Gasteiger partial charge in [0.25, 0.3) is 0 Å². The molecule has 0 aliphatic rings. The Morgan fingerprint density at radius 2 is 1.08 bits per heavy atom. The zero-order valence-corrected chi connectivity index (χ0v) is 18.5. The van der Waals surface area contributed by atoms with Gasteiger partial charge in [-0.05, 0) is 41.5 Å². The van der Waals surface area contributed by atoms with Crippen molar-refractivity contribution >= 4 is 27.6 Å². The fraction of sp³-hybridized carbons (Fsp3) is 1.00. The Hall–Kier alpha value is 0.291. The number of hydrogen-bond acceptors (Lipinski definition) is 9. The topological polar surface area (TPSA) is 94.1 Å². The van der Waals surface area contributed by atoms with Gasteiger partial charge in [0.05, 0.1) is 0 Å². The molecule has 0 fully saturated rings. The van der Waals surface area contributed by atoms with Crippen LogP contribution in [-0.2, 0) is 34.8 Å². The van der Waals surface area contributed by atoms with Gasteiger partial charge in [-0.25, -0.2) is 0 Å². The molecular weight excluding hydrogens is 372 g/mol. The van der Waals surface area contributed by atoms with Crippen LogP contribution in [0.5, 0.6) is 0 Å². The molecular formula is C12H31O9Si3. The predicted octanol–water partition coefficient (Wildman–Crippen LogP) is 1.09. The minimum Gasteiger partial charge on any atom is -0.372 e. The van der Waals surface area contributed by atoms with Crippen LogP contribution in [-0.4, -0.2) is 72.1 Å². The lowest BCUT2D eigenvalue weighted by molar-refractivity contribution is -0.0390. The van der Waals surface area contributed by atoms with E-state index in [9.17, 15) is 4.80 Å². The molecule has 24 heavy (non-hydrogen) atoms. The van der Waals surface area contributed by atoms with Gasteiger partial charge in [0.15, 0.2) is 0 Å². The first-order valence-electron chi connectivity index (χ1n) is 8.24. The molecule has 0 saturated heterocycles. The highest BCUT2D eigenvalue weighted by Crippen LogP contribution is 2.21. The minimum atomic E-state index is -3.98. The largest absolute Gasteiger partial charge is 0.671 e. The van der Waals surface area contributed by atoms with E-state index in [4.69, 9.17) is 34.8 Å². The molecule has 0 bridgehead atoms. The molecule has 0 atom stereocenters. The molecule has 0 heterocycles. The first-order chi connectivity index (χ1) is 11.4. The first-order valence-corrected chi connectivity index (χ1v) is 12.8. The summed E-state index contributed by atoms with van der Waals surface area (Å²) in [6.45, 7) is 12.3. The van der Waals surface area contributed by atoms with Crippen LogP contribution in [0.3, 0.4) is 0 Å². The maximum Gasteiger partial charge on any atom is 0.671 e. The Morgan fingerprint density at radius 3 is 1.42 bits per heavy atom. The fourth-order valence-corrected chi connectivity index (χ4v) is 8.26. The maximum atomic E-state index is 10.6. The number of hydrogen-bond donors (Lipinski definition) is 1. The van der Waals surface area contributed by atoms with E-state index in [1.165, 1.54) is 0 Å². The van der Waals surface area contributed by atoms with E-state index in [1.807, 2.05) is 13.8 Å². The molecule has 0 aromatic heterocycles. The number of rotatable bonds is 16. The zero-order chi connectivity index (χ0) is 18.5. The summed E-state index contributed by atoms with van der Waals surface area (Å²) < 4.78 is 44.3. The van der Waals surface area contributed by atoms with Gasteiger partial charge in [0.1, 0.15) is 0 Å². The van der Waals surface area contributed by atoms with Crippen molar-refractivity contribution in [3.8, 4) is 0 Å². The van der Waals surface area contributed by atoms with E-state index in [-0.39, 0.29) is 26.4 Å². The van der Waals surface area contributed by atoms with Crippen molar-refractivity contribution in [2.24, 2.45) is 0 Å². The Bertz CT molecular complexity index is 293. The highest BCUT2D eigenvalue weighted by Gasteiger charge is 2.59. The molecule has 0 unspecified atom stereocenters. The lowest BCUT2D eigenvalue weighted by Gasteiger charge is -2.33. The molecule has 0 saturated carbocycles. The van der Waals surface area contributed by atoms with E-state index in [2.05, 4.69) is 0 Å². The van der Waals surface area contributed by atoms with Crippen molar-refractivity contribution in [1.82, 2.24) is 0 Å². The monoisotopic (exact) mass is 403 g/mol.